The first-order chi connectivity index (χ1) is 9.43. The lowest BCUT2D eigenvalue weighted by molar-refractivity contribution is 0.418. The fraction of sp³-hybridized carbons (Fsp3) is 0.647. The Morgan fingerprint density at radius 2 is 2.15 bits per heavy atom. The third-order valence-corrected chi connectivity index (χ3v) is 4.67. The predicted octanol–water partition coefficient (Wildman–Crippen LogP) is 4.75. The van der Waals surface area contributed by atoms with E-state index in [2.05, 4.69) is 72.0 Å². The van der Waals surface area contributed by atoms with Crippen LogP contribution in [0.2, 0.25) is 0 Å². The highest BCUT2D eigenvalue weighted by molar-refractivity contribution is 9.10. The molecule has 0 amide bonds. The zero-order chi connectivity index (χ0) is 14.8. The van der Waals surface area contributed by atoms with Crippen LogP contribution in [0.3, 0.4) is 0 Å². The second kappa shape index (κ2) is 6.48. The lowest BCUT2D eigenvalue weighted by atomic mass is 9.93. The summed E-state index contributed by atoms with van der Waals surface area (Å²) in [5.74, 6) is 0. The summed E-state index contributed by atoms with van der Waals surface area (Å²) in [7, 11) is 0. The van der Waals surface area contributed by atoms with E-state index in [9.17, 15) is 0 Å². The number of nitrogens with one attached hydrogen (secondary N) is 1. The van der Waals surface area contributed by atoms with Crippen molar-refractivity contribution >= 4 is 21.6 Å². The van der Waals surface area contributed by atoms with Crippen molar-refractivity contribution < 1.29 is 0 Å². The minimum Gasteiger partial charge on any atom is -0.371 e. The Kier molecular flexibility index (Phi) is 5.14. The highest BCUT2D eigenvalue weighted by Crippen LogP contribution is 2.36. The Labute approximate surface area is 132 Å². The summed E-state index contributed by atoms with van der Waals surface area (Å²) in [6.45, 7) is 12.6. The maximum Gasteiger partial charge on any atom is 0.0415 e. The van der Waals surface area contributed by atoms with Gasteiger partial charge in [0.15, 0.2) is 0 Å². The van der Waals surface area contributed by atoms with Crippen molar-refractivity contribution in [2.24, 2.45) is 5.41 Å². The van der Waals surface area contributed by atoms with Crippen molar-refractivity contribution in [1.82, 2.24) is 5.32 Å². The summed E-state index contributed by atoms with van der Waals surface area (Å²) in [6, 6.07) is 7.10. The molecule has 20 heavy (non-hydrogen) atoms. The fourth-order valence-corrected chi connectivity index (χ4v) is 3.33. The third-order valence-electron chi connectivity index (χ3n) is 4.17. The van der Waals surface area contributed by atoms with Crippen LogP contribution in [0, 0.1) is 5.41 Å². The molecule has 1 fully saturated rings. The van der Waals surface area contributed by atoms with Gasteiger partial charge in [-0.2, -0.15) is 0 Å². The van der Waals surface area contributed by atoms with Crippen LogP contribution in [0.1, 0.15) is 52.1 Å². The summed E-state index contributed by atoms with van der Waals surface area (Å²) >= 11 is 3.62. The second-order valence-corrected chi connectivity index (χ2v) is 7.63. The van der Waals surface area contributed by atoms with E-state index < -0.39 is 0 Å². The number of benzene rings is 1. The number of anilines is 1. The van der Waals surface area contributed by atoms with E-state index in [-0.39, 0.29) is 0 Å². The van der Waals surface area contributed by atoms with Crippen LogP contribution >= 0.6 is 15.9 Å². The van der Waals surface area contributed by atoms with Crippen molar-refractivity contribution in [3.8, 4) is 0 Å². The quantitative estimate of drug-likeness (QED) is 0.833. The van der Waals surface area contributed by atoms with Crippen molar-refractivity contribution in [3.63, 3.8) is 0 Å². The SMILES string of the molecule is CCCNC(C)c1cc(Br)ccc1N1CCC(C)(C)C1. The van der Waals surface area contributed by atoms with E-state index >= 15 is 0 Å². The topological polar surface area (TPSA) is 15.3 Å². The van der Waals surface area contributed by atoms with Gasteiger partial charge in [0.1, 0.15) is 0 Å². The molecule has 1 aliphatic heterocycles. The smallest absolute Gasteiger partial charge is 0.0415 e. The molecule has 0 aromatic heterocycles. The van der Waals surface area contributed by atoms with Crippen LogP contribution in [-0.4, -0.2) is 19.6 Å². The van der Waals surface area contributed by atoms with Crippen LogP contribution in [-0.2, 0) is 0 Å². The number of hydrogen-bond donors (Lipinski definition) is 1. The zero-order valence-corrected chi connectivity index (χ0v) is 14.8. The van der Waals surface area contributed by atoms with E-state index in [0.29, 0.717) is 11.5 Å². The van der Waals surface area contributed by atoms with Crippen LogP contribution in [0.25, 0.3) is 0 Å². The van der Waals surface area contributed by atoms with Gasteiger partial charge in [-0.1, -0.05) is 36.7 Å². The maximum atomic E-state index is 3.62. The minimum absolute atomic E-state index is 0.395. The molecule has 0 spiro atoms. The molecule has 1 N–H and O–H groups in total. The Balaban J connectivity index is 2.24. The Bertz CT molecular complexity index is 456. The summed E-state index contributed by atoms with van der Waals surface area (Å²) in [6.07, 6.45) is 2.45. The summed E-state index contributed by atoms with van der Waals surface area (Å²) < 4.78 is 1.17. The van der Waals surface area contributed by atoms with Gasteiger partial charge in [0.25, 0.3) is 0 Å². The molecular weight excluding hydrogens is 312 g/mol. The number of rotatable bonds is 5. The highest BCUT2D eigenvalue weighted by atomic mass is 79.9. The first-order valence-corrected chi connectivity index (χ1v) is 8.50. The molecular formula is C17H27BrN2. The van der Waals surface area contributed by atoms with Gasteiger partial charge in [-0.15, -0.1) is 0 Å². The molecule has 0 saturated carbocycles. The normalized spacial score (nSPS) is 19.4. The monoisotopic (exact) mass is 338 g/mol. The second-order valence-electron chi connectivity index (χ2n) is 6.71. The summed E-state index contributed by atoms with van der Waals surface area (Å²) in [4.78, 5) is 2.55. The summed E-state index contributed by atoms with van der Waals surface area (Å²) in [5, 5.41) is 3.61. The zero-order valence-electron chi connectivity index (χ0n) is 13.2. The number of hydrogen-bond acceptors (Lipinski definition) is 2. The van der Waals surface area contributed by atoms with Crippen LogP contribution < -0.4 is 10.2 Å². The molecule has 0 bridgehead atoms. The molecule has 2 nitrogen and oxygen atoms in total. The Morgan fingerprint density at radius 1 is 1.40 bits per heavy atom. The maximum absolute atomic E-state index is 3.62. The molecule has 1 heterocycles. The molecule has 1 aromatic carbocycles. The molecule has 1 aromatic rings. The molecule has 2 rings (SSSR count). The molecule has 112 valence electrons. The van der Waals surface area contributed by atoms with Crippen molar-refractivity contribution in [2.75, 3.05) is 24.5 Å². The standard InChI is InChI=1S/C17H27BrN2/c1-5-9-19-13(2)15-11-14(18)6-7-16(15)20-10-8-17(3,4)12-20/h6-7,11,13,19H,5,8-10,12H2,1-4H3. The molecule has 1 aliphatic rings. The first-order valence-electron chi connectivity index (χ1n) is 7.71. The Morgan fingerprint density at radius 3 is 2.75 bits per heavy atom. The average Bonchev–Trinajstić information content (AvgIpc) is 2.76. The first kappa shape index (κ1) is 15.8. The molecule has 1 unspecified atom stereocenters. The van der Waals surface area contributed by atoms with Gasteiger partial charge >= 0.3 is 0 Å². The predicted molar refractivity (Wildman–Crippen MR) is 91.5 cm³/mol. The highest BCUT2D eigenvalue weighted by Gasteiger charge is 2.30. The van der Waals surface area contributed by atoms with E-state index in [1.165, 1.54) is 35.1 Å². The molecule has 0 aliphatic carbocycles. The average molecular weight is 339 g/mol. The molecule has 1 atom stereocenters. The van der Waals surface area contributed by atoms with Crippen molar-refractivity contribution in [3.05, 3.63) is 28.2 Å². The van der Waals surface area contributed by atoms with E-state index in [1.54, 1.807) is 0 Å². The minimum atomic E-state index is 0.395. The van der Waals surface area contributed by atoms with E-state index in [4.69, 9.17) is 0 Å². The van der Waals surface area contributed by atoms with Crippen LogP contribution in [0.5, 0.6) is 0 Å². The molecule has 3 heteroatoms. The van der Waals surface area contributed by atoms with Crippen molar-refractivity contribution in [2.45, 2.75) is 46.6 Å². The molecule has 1 saturated heterocycles. The van der Waals surface area contributed by atoms with Gasteiger partial charge in [-0.25, -0.2) is 0 Å². The van der Waals surface area contributed by atoms with E-state index in [1.807, 2.05) is 0 Å². The lowest BCUT2D eigenvalue weighted by Crippen LogP contribution is -2.26. The lowest BCUT2D eigenvalue weighted by Gasteiger charge is -2.27. The Hall–Kier alpha value is -0.540. The van der Waals surface area contributed by atoms with Crippen LogP contribution in [0.4, 0.5) is 5.69 Å². The van der Waals surface area contributed by atoms with Crippen molar-refractivity contribution in [1.29, 1.82) is 0 Å². The van der Waals surface area contributed by atoms with E-state index in [0.717, 1.165) is 13.1 Å². The fourth-order valence-electron chi connectivity index (χ4n) is 2.95. The van der Waals surface area contributed by atoms with Crippen LogP contribution in [0.15, 0.2) is 22.7 Å². The summed E-state index contributed by atoms with van der Waals surface area (Å²) in [5.41, 5.74) is 3.24. The van der Waals surface area contributed by atoms with Gasteiger partial charge in [0, 0.05) is 29.3 Å². The largest absolute Gasteiger partial charge is 0.371 e. The van der Waals surface area contributed by atoms with Gasteiger partial charge < -0.3 is 10.2 Å². The van der Waals surface area contributed by atoms with Gasteiger partial charge in [0.05, 0.1) is 0 Å². The van der Waals surface area contributed by atoms with Gasteiger partial charge in [-0.05, 0) is 55.5 Å². The van der Waals surface area contributed by atoms with Gasteiger partial charge in [0.2, 0.25) is 0 Å². The number of nitrogens with zero attached hydrogens (tertiary/aromatic N) is 1. The molecule has 0 radical (unpaired) electrons. The number of halogens is 1. The van der Waals surface area contributed by atoms with Gasteiger partial charge in [-0.3, -0.25) is 0 Å². The third kappa shape index (κ3) is 3.76.